The second-order valence-electron chi connectivity index (χ2n) is 5.14. The molecule has 3 aromatic carbocycles. The van der Waals surface area contributed by atoms with Crippen LogP contribution >= 0.6 is 11.6 Å². The normalized spacial score (nSPS) is 10.8. The third kappa shape index (κ3) is 2.67. The van der Waals surface area contributed by atoms with E-state index >= 15 is 0 Å². The van der Waals surface area contributed by atoms with Gasteiger partial charge < -0.3 is 4.74 Å². The number of fused-ring (bicyclic) bond motifs is 1. The highest BCUT2D eigenvalue weighted by molar-refractivity contribution is 6.32. The first kappa shape index (κ1) is 13.9. The number of aromatic nitrogens is 2. The molecule has 0 aliphatic heterocycles. The minimum atomic E-state index is 0.669. The number of ether oxygens (including phenoxy) is 1. The van der Waals surface area contributed by atoms with Crippen molar-refractivity contribution in [3.05, 3.63) is 84.0 Å². The maximum absolute atomic E-state index is 6.27. The first-order valence-electron chi connectivity index (χ1n) is 7.27. The molecule has 0 unspecified atom stereocenters. The van der Waals surface area contributed by atoms with Gasteiger partial charge in [0.05, 0.1) is 22.4 Å². The molecule has 0 fully saturated rings. The van der Waals surface area contributed by atoms with E-state index in [1.807, 2.05) is 83.7 Å². The third-order valence-electron chi connectivity index (χ3n) is 3.60. The van der Waals surface area contributed by atoms with Crippen LogP contribution < -0.4 is 4.74 Å². The number of para-hydroxylation sites is 2. The fourth-order valence-corrected chi connectivity index (χ4v) is 2.73. The van der Waals surface area contributed by atoms with Gasteiger partial charge in [-0.05, 0) is 42.5 Å². The van der Waals surface area contributed by atoms with Gasteiger partial charge in [0.2, 0.25) is 0 Å². The zero-order chi connectivity index (χ0) is 15.6. The van der Waals surface area contributed by atoms with Crippen LogP contribution in [0.25, 0.3) is 16.6 Å². The molecule has 112 valence electrons. The average Bonchev–Trinajstić information content (AvgIpc) is 2.99. The predicted octanol–water partition coefficient (Wildman–Crippen LogP) is 5.47. The number of rotatable bonds is 3. The molecule has 0 saturated heterocycles. The van der Waals surface area contributed by atoms with E-state index in [1.54, 1.807) is 0 Å². The van der Waals surface area contributed by atoms with Crippen LogP contribution in [-0.4, -0.2) is 9.78 Å². The lowest BCUT2D eigenvalue weighted by molar-refractivity contribution is 0.483. The molecule has 1 aromatic heterocycles. The number of hydrogen-bond donors (Lipinski definition) is 0. The van der Waals surface area contributed by atoms with Gasteiger partial charge in [0.25, 0.3) is 0 Å². The highest BCUT2D eigenvalue weighted by Crippen LogP contribution is 2.28. The summed E-state index contributed by atoms with van der Waals surface area (Å²) in [7, 11) is 0. The standard InChI is InChI=1S/C19H13ClN2O/c20-17-8-4-5-9-19(17)22-18-11-10-16(12-14(18)13-21-22)23-15-6-2-1-3-7-15/h1-13H. The highest BCUT2D eigenvalue weighted by Gasteiger charge is 2.09. The molecule has 4 heteroatoms. The van der Waals surface area contributed by atoms with Crippen molar-refractivity contribution < 1.29 is 4.74 Å². The SMILES string of the molecule is Clc1ccccc1-n1ncc2cc(Oc3ccccc3)ccc21. The van der Waals surface area contributed by atoms with E-state index in [0.29, 0.717) is 5.02 Å². The first-order valence-corrected chi connectivity index (χ1v) is 7.65. The van der Waals surface area contributed by atoms with E-state index < -0.39 is 0 Å². The van der Waals surface area contributed by atoms with Gasteiger partial charge in [0.15, 0.2) is 0 Å². The molecule has 0 aliphatic carbocycles. The summed E-state index contributed by atoms with van der Waals surface area (Å²) in [6.07, 6.45) is 1.82. The highest BCUT2D eigenvalue weighted by atomic mass is 35.5. The van der Waals surface area contributed by atoms with Gasteiger partial charge in [-0.1, -0.05) is 41.9 Å². The van der Waals surface area contributed by atoms with Crippen molar-refractivity contribution >= 4 is 22.5 Å². The van der Waals surface area contributed by atoms with Crippen LogP contribution in [0.2, 0.25) is 5.02 Å². The van der Waals surface area contributed by atoms with E-state index in [2.05, 4.69) is 5.10 Å². The summed E-state index contributed by atoms with van der Waals surface area (Å²) in [6, 6.07) is 23.3. The summed E-state index contributed by atoms with van der Waals surface area (Å²) < 4.78 is 7.70. The molecule has 0 aliphatic rings. The molecule has 4 aromatic rings. The van der Waals surface area contributed by atoms with Crippen molar-refractivity contribution in [2.45, 2.75) is 0 Å². The molecular formula is C19H13ClN2O. The minimum absolute atomic E-state index is 0.669. The van der Waals surface area contributed by atoms with Crippen LogP contribution in [0.15, 0.2) is 79.0 Å². The quantitative estimate of drug-likeness (QED) is 0.500. The zero-order valence-corrected chi connectivity index (χ0v) is 12.9. The Morgan fingerprint density at radius 3 is 2.43 bits per heavy atom. The summed E-state index contributed by atoms with van der Waals surface area (Å²) >= 11 is 6.27. The Balaban J connectivity index is 1.73. The molecule has 4 rings (SSSR count). The third-order valence-corrected chi connectivity index (χ3v) is 3.92. The number of halogens is 1. The number of benzene rings is 3. The fraction of sp³-hybridized carbons (Fsp3) is 0. The summed E-state index contributed by atoms with van der Waals surface area (Å²) in [5.74, 6) is 1.59. The van der Waals surface area contributed by atoms with Crippen molar-refractivity contribution in [1.29, 1.82) is 0 Å². The topological polar surface area (TPSA) is 27.1 Å². The lowest BCUT2D eigenvalue weighted by Gasteiger charge is -2.07. The zero-order valence-electron chi connectivity index (χ0n) is 12.2. The Hall–Kier alpha value is -2.78. The molecule has 23 heavy (non-hydrogen) atoms. The first-order chi connectivity index (χ1) is 11.3. The Morgan fingerprint density at radius 2 is 1.61 bits per heavy atom. The summed E-state index contributed by atoms with van der Waals surface area (Å²) in [5.41, 5.74) is 1.85. The van der Waals surface area contributed by atoms with E-state index in [-0.39, 0.29) is 0 Å². The summed E-state index contributed by atoms with van der Waals surface area (Å²) in [5, 5.41) is 6.12. The van der Waals surface area contributed by atoms with Gasteiger partial charge in [-0.15, -0.1) is 0 Å². The van der Waals surface area contributed by atoms with Gasteiger partial charge >= 0.3 is 0 Å². The van der Waals surface area contributed by atoms with Gasteiger partial charge in [-0.3, -0.25) is 0 Å². The van der Waals surface area contributed by atoms with Crippen LogP contribution in [0.4, 0.5) is 0 Å². The Labute approximate surface area is 138 Å². The average molecular weight is 321 g/mol. The van der Waals surface area contributed by atoms with E-state index in [4.69, 9.17) is 16.3 Å². The van der Waals surface area contributed by atoms with Crippen molar-refractivity contribution in [3.63, 3.8) is 0 Å². The maximum atomic E-state index is 6.27. The molecule has 1 heterocycles. The van der Waals surface area contributed by atoms with Crippen molar-refractivity contribution in [2.75, 3.05) is 0 Å². The van der Waals surface area contributed by atoms with Crippen LogP contribution in [0.3, 0.4) is 0 Å². The molecule has 0 radical (unpaired) electrons. The molecular weight excluding hydrogens is 308 g/mol. The van der Waals surface area contributed by atoms with Crippen molar-refractivity contribution in [1.82, 2.24) is 9.78 Å². The fourth-order valence-electron chi connectivity index (χ4n) is 2.51. The Morgan fingerprint density at radius 1 is 0.826 bits per heavy atom. The van der Waals surface area contributed by atoms with Crippen LogP contribution in [-0.2, 0) is 0 Å². The summed E-state index contributed by atoms with van der Waals surface area (Å²) in [6.45, 7) is 0. The van der Waals surface area contributed by atoms with Crippen LogP contribution in [0.1, 0.15) is 0 Å². The monoisotopic (exact) mass is 320 g/mol. The molecule has 0 bridgehead atoms. The second kappa shape index (κ2) is 5.78. The molecule has 3 nitrogen and oxygen atoms in total. The van der Waals surface area contributed by atoms with Gasteiger partial charge in [-0.2, -0.15) is 5.10 Å². The smallest absolute Gasteiger partial charge is 0.128 e. The lowest BCUT2D eigenvalue weighted by atomic mass is 10.2. The molecule has 0 atom stereocenters. The van der Waals surface area contributed by atoms with Gasteiger partial charge in [0, 0.05) is 5.39 Å². The number of hydrogen-bond acceptors (Lipinski definition) is 2. The van der Waals surface area contributed by atoms with E-state index in [0.717, 1.165) is 28.1 Å². The van der Waals surface area contributed by atoms with Gasteiger partial charge in [0.1, 0.15) is 11.5 Å². The summed E-state index contributed by atoms with van der Waals surface area (Å²) in [4.78, 5) is 0. The van der Waals surface area contributed by atoms with E-state index in [1.165, 1.54) is 0 Å². The van der Waals surface area contributed by atoms with Crippen molar-refractivity contribution in [2.24, 2.45) is 0 Å². The lowest BCUT2D eigenvalue weighted by Crippen LogP contribution is -1.96. The van der Waals surface area contributed by atoms with E-state index in [9.17, 15) is 0 Å². The van der Waals surface area contributed by atoms with Gasteiger partial charge in [-0.25, -0.2) is 4.68 Å². The molecule has 0 saturated carbocycles. The maximum Gasteiger partial charge on any atom is 0.128 e. The minimum Gasteiger partial charge on any atom is -0.457 e. The van der Waals surface area contributed by atoms with Crippen molar-refractivity contribution in [3.8, 4) is 17.2 Å². The van der Waals surface area contributed by atoms with Crippen LogP contribution in [0.5, 0.6) is 11.5 Å². The largest absolute Gasteiger partial charge is 0.457 e. The second-order valence-corrected chi connectivity index (χ2v) is 5.55. The number of nitrogens with zero attached hydrogens (tertiary/aromatic N) is 2. The Kier molecular flexibility index (Phi) is 3.48. The predicted molar refractivity (Wildman–Crippen MR) is 92.6 cm³/mol. The molecule has 0 amide bonds. The van der Waals surface area contributed by atoms with Crippen LogP contribution in [0, 0.1) is 0 Å². The molecule has 0 spiro atoms. The molecule has 0 N–H and O–H groups in total. The Bertz CT molecular complexity index is 963.